The molecule has 0 spiro atoms. The zero-order valence-corrected chi connectivity index (χ0v) is 11.2. The number of nitrogens with zero attached hydrogens (tertiary/aromatic N) is 2. The number of para-hydroxylation sites is 1. The quantitative estimate of drug-likeness (QED) is 0.938. The van der Waals surface area contributed by atoms with E-state index in [0.717, 1.165) is 0 Å². The van der Waals surface area contributed by atoms with E-state index in [-0.39, 0.29) is 5.91 Å². The summed E-state index contributed by atoms with van der Waals surface area (Å²) in [7, 11) is 0. The van der Waals surface area contributed by atoms with Gasteiger partial charge in [0, 0.05) is 12.7 Å². The van der Waals surface area contributed by atoms with Gasteiger partial charge in [-0.15, -0.1) is 0 Å². The molecule has 1 aromatic carbocycles. The number of anilines is 1. The van der Waals surface area contributed by atoms with Gasteiger partial charge in [-0.3, -0.25) is 9.48 Å². The summed E-state index contributed by atoms with van der Waals surface area (Å²) in [4.78, 5) is 12.1. The van der Waals surface area contributed by atoms with Crippen LogP contribution in [0.5, 0.6) is 0 Å². The third kappa shape index (κ3) is 2.49. The lowest BCUT2D eigenvalue weighted by atomic mass is 10.3. The Morgan fingerprint density at radius 1 is 1.33 bits per heavy atom. The molecule has 0 aliphatic rings. The van der Waals surface area contributed by atoms with Gasteiger partial charge in [0.1, 0.15) is 5.69 Å². The van der Waals surface area contributed by atoms with Crippen molar-refractivity contribution in [1.29, 1.82) is 0 Å². The highest BCUT2D eigenvalue weighted by molar-refractivity contribution is 6.39. The second-order valence-electron chi connectivity index (χ2n) is 3.58. The van der Waals surface area contributed by atoms with Gasteiger partial charge in [0.15, 0.2) is 0 Å². The number of hydrogen-bond donors (Lipinski definition) is 1. The molecule has 0 saturated heterocycles. The molecule has 0 radical (unpaired) electrons. The molecule has 18 heavy (non-hydrogen) atoms. The number of rotatable bonds is 3. The van der Waals surface area contributed by atoms with Crippen molar-refractivity contribution in [3.05, 3.63) is 46.2 Å². The van der Waals surface area contributed by atoms with Crippen molar-refractivity contribution in [3.63, 3.8) is 0 Å². The summed E-state index contributed by atoms with van der Waals surface area (Å²) in [6.45, 7) is 2.53. The molecule has 1 amide bonds. The number of aryl methyl sites for hydroxylation is 1. The summed E-state index contributed by atoms with van der Waals surface area (Å²) in [6.07, 6.45) is 1.58. The van der Waals surface area contributed by atoms with Crippen molar-refractivity contribution in [3.8, 4) is 0 Å². The van der Waals surface area contributed by atoms with Crippen LogP contribution in [0.15, 0.2) is 30.5 Å². The number of benzene rings is 1. The summed E-state index contributed by atoms with van der Waals surface area (Å²) < 4.78 is 1.60. The molecule has 1 aromatic heterocycles. The van der Waals surface area contributed by atoms with Crippen LogP contribution in [0.2, 0.25) is 10.0 Å². The Balaban J connectivity index is 2.27. The van der Waals surface area contributed by atoms with Gasteiger partial charge in [0.2, 0.25) is 0 Å². The third-order valence-corrected chi connectivity index (χ3v) is 3.08. The number of nitrogens with one attached hydrogen (secondary N) is 1. The topological polar surface area (TPSA) is 46.9 Å². The van der Waals surface area contributed by atoms with Gasteiger partial charge in [-0.1, -0.05) is 29.3 Å². The molecule has 2 aromatic rings. The molecule has 1 N–H and O–H groups in total. The lowest BCUT2D eigenvalue weighted by Gasteiger charge is -2.09. The predicted octanol–water partition coefficient (Wildman–Crippen LogP) is 3.46. The van der Waals surface area contributed by atoms with Crippen molar-refractivity contribution in [1.82, 2.24) is 9.78 Å². The van der Waals surface area contributed by atoms with Crippen LogP contribution in [0.4, 0.5) is 5.69 Å². The summed E-state index contributed by atoms with van der Waals surface area (Å²) in [5.74, 6) is -0.288. The van der Waals surface area contributed by atoms with Gasteiger partial charge in [0.25, 0.3) is 5.91 Å². The molecule has 0 saturated carbocycles. The first kappa shape index (κ1) is 12.9. The van der Waals surface area contributed by atoms with Crippen LogP contribution in [0.25, 0.3) is 0 Å². The Hall–Kier alpha value is -1.52. The summed E-state index contributed by atoms with van der Waals surface area (Å²) in [5, 5.41) is 7.53. The van der Waals surface area contributed by atoms with E-state index in [9.17, 15) is 4.79 Å². The van der Waals surface area contributed by atoms with Gasteiger partial charge < -0.3 is 5.32 Å². The maximum absolute atomic E-state index is 12.1. The molecule has 0 bridgehead atoms. The molecule has 0 atom stereocenters. The Kier molecular flexibility index (Phi) is 3.89. The fourth-order valence-corrected chi connectivity index (χ4v) is 2.06. The van der Waals surface area contributed by atoms with Crippen LogP contribution in [-0.4, -0.2) is 15.7 Å². The van der Waals surface area contributed by atoms with Crippen molar-refractivity contribution in [2.45, 2.75) is 13.5 Å². The summed E-state index contributed by atoms with van der Waals surface area (Å²) in [6, 6.07) is 6.69. The molecule has 1 heterocycles. The van der Waals surface area contributed by atoms with E-state index >= 15 is 0 Å². The normalized spacial score (nSPS) is 10.4. The van der Waals surface area contributed by atoms with Gasteiger partial charge in [-0.05, 0) is 25.1 Å². The number of halogens is 2. The predicted molar refractivity (Wildman–Crippen MR) is 72.3 cm³/mol. The maximum atomic E-state index is 12.1. The summed E-state index contributed by atoms with van der Waals surface area (Å²) >= 11 is 12.0. The first-order valence-corrected chi connectivity index (χ1v) is 6.16. The highest BCUT2D eigenvalue weighted by atomic mass is 35.5. The highest BCUT2D eigenvalue weighted by Crippen LogP contribution is 2.30. The van der Waals surface area contributed by atoms with E-state index in [4.69, 9.17) is 23.2 Å². The SMILES string of the molecule is CCn1nccc1C(=O)Nc1c(Cl)cccc1Cl. The van der Waals surface area contributed by atoms with E-state index in [1.807, 2.05) is 6.92 Å². The zero-order chi connectivity index (χ0) is 13.1. The second-order valence-corrected chi connectivity index (χ2v) is 4.40. The fraction of sp³-hybridized carbons (Fsp3) is 0.167. The first-order chi connectivity index (χ1) is 8.63. The molecule has 0 unspecified atom stereocenters. The van der Waals surface area contributed by atoms with E-state index in [1.54, 1.807) is 35.1 Å². The van der Waals surface area contributed by atoms with Crippen LogP contribution in [0.1, 0.15) is 17.4 Å². The Morgan fingerprint density at radius 2 is 2.00 bits per heavy atom. The minimum atomic E-state index is -0.288. The number of hydrogen-bond acceptors (Lipinski definition) is 2. The molecule has 0 aliphatic heterocycles. The van der Waals surface area contributed by atoms with Crippen LogP contribution in [-0.2, 0) is 6.54 Å². The number of amides is 1. The van der Waals surface area contributed by atoms with E-state index in [2.05, 4.69) is 10.4 Å². The van der Waals surface area contributed by atoms with E-state index in [0.29, 0.717) is 28.0 Å². The molecule has 4 nitrogen and oxygen atoms in total. The number of aromatic nitrogens is 2. The number of carbonyl (C=O) groups excluding carboxylic acids is 1. The average Bonchev–Trinajstić information content (AvgIpc) is 2.82. The van der Waals surface area contributed by atoms with Crippen LogP contribution >= 0.6 is 23.2 Å². The molecule has 94 valence electrons. The number of carbonyl (C=O) groups is 1. The maximum Gasteiger partial charge on any atom is 0.274 e. The second kappa shape index (κ2) is 5.42. The Labute approximate surface area is 115 Å². The Morgan fingerprint density at radius 3 is 2.61 bits per heavy atom. The lowest BCUT2D eigenvalue weighted by Crippen LogP contribution is -2.17. The van der Waals surface area contributed by atoms with Crippen LogP contribution in [0, 0.1) is 0 Å². The van der Waals surface area contributed by atoms with Crippen LogP contribution in [0.3, 0.4) is 0 Å². The standard InChI is InChI=1S/C12H11Cl2N3O/c1-2-17-10(6-7-15-17)12(18)16-11-8(13)4-3-5-9(11)14/h3-7H,2H2,1H3,(H,16,18). The summed E-state index contributed by atoms with van der Waals surface area (Å²) in [5.41, 5.74) is 0.878. The molecule has 2 rings (SSSR count). The first-order valence-electron chi connectivity index (χ1n) is 5.40. The van der Waals surface area contributed by atoms with Crippen LogP contribution < -0.4 is 5.32 Å². The molecular formula is C12H11Cl2N3O. The third-order valence-electron chi connectivity index (χ3n) is 2.45. The van der Waals surface area contributed by atoms with E-state index < -0.39 is 0 Å². The van der Waals surface area contributed by atoms with Gasteiger partial charge in [-0.2, -0.15) is 5.10 Å². The molecule has 6 heteroatoms. The van der Waals surface area contributed by atoms with Crippen molar-refractivity contribution in [2.24, 2.45) is 0 Å². The smallest absolute Gasteiger partial charge is 0.274 e. The average molecular weight is 284 g/mol. The monoisotopic (exact) mass is 283 g/mol. The largest absolute Gasteiger partial charge is 0.318 e. The van der Waals surface area contributed by atoms with Gasteiger partial charge in [-0.25, -0.2) is 0 Å². The van der Waals surface area contributed by atoms with Crippen molar-refractivity contribution in [2.75, 3.05) is 5.32 Å². The van der Waals surface area contributed by atoms with Crippen molar-refractivity contribution >= 4 is 34.8 Å². The van der Waals surface area contributed by atoms with Crippen molar-refractivity contribution < 1.29 is 4.79 Å². The fourth-order valence-electron chi connectivity index (χ4n) is 1.57. The lowest BCUT2D eigenvalue weighted by molar-refractivity contribution is 0.101. The molecule has 0 fully saturated rings. The minimum absolute atomic E-state index is 0.288. The van der Waals surface area contributed by atoms with E-state index in [1.165, 1.54) is 0 Å². The molecular weight excluding hydrogens is 273 g/mol. The highest BCUT2D eigenvalue weighted by Gasteiger charge is 2.14. The van der Waals surface area contributed by atoms with Gasteiger partial charge >= 0.3 is 0 Å². The Bertz CT molecular complexity index is 560. The zero-order valence-electron chi connectivity index (χ0n) is 9.65. The molecule has 0 aliphatic carbocycles. The van der Waals surface area contributed by atoms with Gasteiger partial charge in [0.05, 0.1) is 15.7 Å². The minimum Gasteiger partial charge on any atom is -0.318 e.